The van der Waals surface area contributed by atoms with Crippen LogP contribution in [0.4, 0.5) is 5.82 Å². The predicted octanol–water partition coefficient (Wildman–Crippen LogP) is 4.11. The molecular weight excluding hydrogens is 428 g/mol. The van der Waals surface area contributed by atoms with E-state index in [4.69, 9.17) is 0 Å². The van der Waals surface area contributed by atoms with Crippen molar-refractivity contribution in [1.82, 2.24) is 0 Å². The first-order valence-corrected chi connectivity index (χ1v) is 7.52. The Morgan fingerprint density at radius 3 is 2.61 bits per heavy atom. The summed E-state index contributed by atoms with van der Waals surface area (Å²) in [6.07, 6.45) is 1.84. The molecule has 0 amide bonds. The normalized spacial score (nSPS) is 10.4. The summed E-state index contributed by atoms with van der Waals surface area (Å²) in [4.78, 5) is 3.11. The van der Waals surface area contributed by atoms with Crippen LogP contribution in [0.3, 0.4) is 0 Å². The van der Waals surface area contributed by atoms with E-state index in [-0.39, 0.29) is 5.75 Å². The molecule has 0 saturated carbocycles. The lowest BCUT2D eigenvalue weighted by Crippen LogP contribution is -2.13. The molecule has 18 heavy (non-hydrogen) atoms. The molecule has 94 valence electrons. The number of phenolic OH excluding ortho intramolecular Hbond substituents is 1. The van der Waals surface area contributed by atoms with Crippen molar-refractivity contribution in [1.29, 1.82) is 0 Å². The van der Waals surface area contributed by atoms with Gasteiger partial charge in [-0.15, -0.1) is 0 Å². The summed E-state index contributed by atoms with van der Waals surface area (Å²) in [5.74, 6) is 1.14. The zero-order valence-corrected chi connectivity index (χ0v) is 13.9. The van der Waals surface area contributed by atoms with Crippen molar-refractivity contribution in [2.75, 3.05) is 5.32 Å². The van der Waals surface area contributed by atoms with Gasteiger partial charge in [0.25, 0.3) is 5.82 Å². The summed E-state index contributed by atoms with van der Waals surface area (Å²) in [7, 11) is 0. The number of nitrogens with one attached hydrogen (secondary N) is 2. The van der Waals surface area contributed by atoms with E-state index in [1.165, 1.54) is 0 Å². The SMILES string of the molecule is Oc1ccc(Br)cc1CNc1[nH+]cc(Br)cc1Br. The topological polar surface area (TPSA) is 46.4 Å². The number of pyridine rings is 1. The van der Waals surface area contributed by atoms with Gasteiger partial charge < -0.3 is 5.11 Å². The third-order valence-electron chi connectivity index (χ3n) is 2.35. The molecule has 1 aromatic heterocycles. The van der Waals surface area contributed by atoms with Crippen LogP contribution in [-0.4, -0.2) is 5.11 Å². The highest BCUT2D eigenvalue weighted by molar-refractivity contribution is 9.11. The third-order valence-corrected chi connectivity index (χ3v) is 3.93. The maximum Gasteiger partial charge on any atom is 0.287 e. The van der Waals surface area contributed by atoms with E-state index in [0.29, 0.717) is 6.54 Å². The highest BCUT2D eigenvalue weighted by Gasteiger charge is 2.10. The average molecular weight is 438 g/mol. The predicted molar refractivity (Wildman–Crippen MR) is 81.5 cm³/mol. The van der Waals surface area contributed by atoms with E-state index < -0.39 is 0 Å². The van der Waals surface area contributed by atoms with Gasteiger partial charge >= 0.3 is 0 Å². The lowest BCUT2D eigenvalue weighted by molar-refractivity contribution is -0.362. The Morgan fingerprint density at radius 1 is 1.11 bits per heavy atom. The molecule has 0 fully saturated rings. The van der Waals surface area contributed by atoms with Gasteiger partial charge in [0, 0.05) is 10.0 Å². The monoisotopic (exact) mass is 435 g/mol. The van der Waals surface area contributed by atoms with Crippen LogP contribution in [-0.2, 0) is 6.54 Å². The van der Waals surface area contributed by atoms with Gasteiger partial charge in [-0.1, -0.05) is 15.9 Å². The molecule has 0 spiro atoms. The highest BCUT2D eigenvalue weighted by Crippen LogP contribution is 2.25. The molecule has 0 radical (unpaired) electrons. The second kappa shape index (κ2) is 6.04. The van der Waals surface area contributed by atoms with Gasteiger partial charge in [-0.05, 0) is 56.1 Å². The summed E-state index contributed by atoms with van der Waals surface area (Å²) in [5, 5.41) is 13.0. The second-order valence-electron chi connectivity index (χ2n) is 3.67. The molecule has 0 aliphatic heterocycles. The van der Waals surface area contributed by atoms with E-state index in [9.17, 15) is 5.11 Å². The van der Waals surface area contributed by atoms with Crippen molar-refractivity contribution in [3.05, 3.63) is 49.4 Å². The van der Waals surface area contributed by atoms with Crippen LogP contribution in [0.15, 0.2) is 43.9 Å². The fourth-order valence-corrected chi connectivity index (χ4v) is 3.02. The fourth-order valence-electron chi connectivity index (χ4n) is 1.46. The van der Waals surface area contributed by atoms with Crippen molar-refractivity contribution < 1.29 is 10.1 Å². The minimum Gasteiger partial charge on any atom is -0.508 e. The van der Waals surface area contributed by atoms with E-state index in [1.54, 1.807) is 12.1 Å². The zero-order chi connectivity index (χ0) is 13.1. The summed E-state index contributed by atoms with van der Waals surface area (Å²) >= 11 is 10.2. The molecule has 0 atom stereocenters. The highest BCUT2D eigenvalue weighted by atomic mass is 79.9. The summed E-state index contributed by atoms with van der Waals surface area (Å²) in [6, 6.07) is 7.30. The van der Waals surface area contributed by atoms with Gasteiger partial charge in [0.2, 0.25) is 0 Å². The lowest BCUT2D eigenvalue weighted by Gasteiger charge is -2.04. The van der Waals surface area contributed by atoms with Crippen LogP contribution >= 0.6 is 47.8 Å². The number of benzene rings is 1. The van der Waals surface area contributed by atoms with Gasteiger partial charge in [0.15, 0.2) is 0 Å². The molecule has 0 saturated heterocycles. The van der Waals surface area contributed by atoms with Crippen LogP contribution in [0.5, 0.6) is 5.75 Å². The molecule has 0 unspecified atom stereocenters. The Morgan fingerprint density at radius 2 is 1.89 bits per heavy atom. The molecule has 1 heterocycles. The van der Waals surface area contributed by atoms with Gasteiger partial charge in [-0.25, -0.2) is 4.98 Å². The molecule has 0 bridgehead atoms. The Hall–Kier alpha value is -0.590. The number of hydrogen-bond donors (Lipinski definition) is 2. The quantitative estimate of drug-likeness (QED) is 0.759. The van der Waals surface area contributed by atoms with Crippen molar-refractivity contribution in [3.63, 3.8) is 0 Å². The van der Waals surface area contributed by atoms with Crippen molar-refractivity contribution >= 4 is 53.6 Å². The van der Waals surface area contributed by atoms with E-state index in [1.807, 2.05) is 18.3 Å². The van der Waals surface area contributed by atoms with E-state index in [2.05, 4.69) is 58.1 Å². The third kappa shape index (κ3) is 3.46. The second-order valence-corrected chi connectivity index (χ2v) is 6.35. The molecule has 2 rings (SSSR count). The van der Waals surface area contributed by atoms with Crippen LogP contribution in [0, 0.1) is 0 Å². The minimum absolute atomic E-state index is 0.277. The fraction of sp³-hybridized carbons (Fsp3) is 0.0833. The Bertz CT molecular complexity index is 575. The van der Waals surface area contributed by atoms with Gasteiger partial charge in [-0.3, -0.25) is 5.32 Å². The molecule has 1 aromatic carbocycles. The maximum atomic E-state index is 9.74. The summed E-state index contributed by atoms with van der Waals surface area (Å²) in [6.45, 7) is 0.530. The Balaban J connectivity index is 2.13. The van der Waals surface area contributed by atoms with Gasteiger partial charge in [0.1, 0.15) is 23.0 Å². The number of aromatic nitrogens is 1. The molecule has 3 N–H and O–H groups in total. The van der Waals surface area contributed by atoms with Gasteiger partial charge in [-0.2, -0.15) is 0 Å². The van der Waals surface area contributed by atoms with Crippen LogP contribution in [0.1, 0.15) is 5.56 Å². The zero-order valence-electron chi connectivity index (χ0n) is 9.17. The number of aromatic hydroxyl groups is 1. The van der Waals surface area contributed by atoms with E-state index in [0.717, 1.165) is 24.8 Å². The molecule has 2 aromatic rings. The van der Waals surface area contributed by atoms with Crippen molar-refractivity contribution in [3.8, 4) is 5.75 Å². The number of anilines is 1. The van der Waals surface area contributed by atoms with Crippen molar-refractivity contribution in [2.45, 2.75) is 6.54 Å². The number of rotatable bonds is 3. The Labute approximate surface area is 130 Å². The first-order valence-electron chi connectivity index (χ1n) is 5.14. The van der Waals surface area contributed by atoms with Crippen molar-refractivity contribution in [2.24, 2.45) is 0 Å². The maximum absolute atomic E-state index is 9.74. The smallest absolute Gasteiger partial charge is 0.287 e. The Kier molecular flexibility index (Phi) is 4.64. The standard InChI is InChI=1S/C12H9Br3N2O/c13-8-1-2-11(18)7(3-8)5-16-12-10(15)4-9(14)6-17-12/h1-4,6,18H,5H2,(H,16,17)/p+1. The first kappa shape index (κ1) is 13.8. The molecule has 3 nitrogen and oxygen atoms in total. The van der Waals surface area contributed by atoms with Gasteiger partial charge in [0.05, 0.1) is 4.47 Å². The summed E-state index contributed by atoms with van der Waals surface area (Å²) < 4.78 is 2.83. The largest absolute Gasteiger partial charge is 0.508 e. The molecular formula is C12H10Br3N2O+. The number of phenols is 1. The lowest BCUT2D eigenvalue weighted by atomic mass is 10.2. The molecule has 6 heteroatoms. The first-order chi connectivity index (χ1) is 8.56. The van der Waals surface area contributed by atoms with Crippen LogP contribution in [0.25, 0.3) is 0 Å². The van der Waals surface area contributed by atoms with E-state index >= 15 is 0 Å². The molecule has 0 aliphatic rings. The summed E-state index contributed by atoms with van der Waals surface area (Å²) in [5.41, 5.74) is 0.826. The van der Waals surface area contributed by atoms with Crippen LogP contribution < -0.4 is 10.3 Å². The minimum atomic E-state index is 0.277. The number of halogens is 3. The number of hydrogen-bond acceptors (Lipinski definition) is 2. The average Bonchev–Trinajstić information content (AvgIpc) is 2.32. The molecule has 0 aliphatic carbocycles. The van der Waals surface area contributed by atoms with Crippen LogP contribution in [0.2, 0.25) is 0 Å². The number of H-pyrrole nitrogens is 1. The number of aromatic amines is 1.